The summed E-state index contributed by atoms with van der Waals surface area (Å²) in [6.45, 7) is 6.25. The maximum Gasteiger partial charge on any atom is 1.00 e. The van der Waals surface area contributed by atoms with Crippen LogP contribution >= 0.6 is 7.82 Å². The van der Waals surface area contributed by atoms with Crippen LogP contribution in [-0.2, 0) is 9.09 Å². The molecule has 6 heteroatoms. The van der Waals surface area contributed by atoms with Gasteiger partial charge in [0.15, 0.2) is 0 Å². The third-order valence-corrected chi connectivity index (χ3v) is 4.69. The first-order chi connectivity index (χ1) is 9.90. The molecule has 0 saturated heterocycles. The first-order valence-corrected chi connectivity index (χ1v) is 10.2. The molecule has 2 unspecified atom stereocenters. The van der Waals surface area contributed by atoms with E-state index in [2.05, 4.69) is 6.92 Å². The van der Waals surface area contributed by atoms with Crippen LogP contribution in [0.15, 0.2) is 0 Å². The molecule has 0 aromatic rings. The SMILES string of the molecule is CCCCCCCCCCCC(OP(=O)(O)O)C(C)CC.[H-].[K+]. The molecule has 130 valence electrons. The van der Waals surface area contributed by atoms with Gasteiger partial charge < -0.3 is 11.2 Å². The summed E-state index contributed by atoms with van der Waals surface area (Å²) in [6.07, 6.45) is 12.5. The molecule has 0 amide bonds. The third-order valence-electron chi connectivity index (χ3n) is 4.14. The summed E-state index contributed by atoms with van der Waals surface area (Å²) in [6, 6.07) is 0. The average Bonchev–Trinajstić information content (AvgIpc) is 2.42. The predicted octanol–water partition coefficient (Wildman–Crippen LogP) is 2.55. The fourth-order valence-corrected chi connectivity index (χ4v) is 3.20. The number of hydrogen-bond donors (Lipinski definition) is 2. The van der Waals surface area contributed by atoms with Crippen LogP contribution in [0, 0.1) is 5.92 Å². The zero-order valence-corrected chi connectivity index (χ0v) is 19.1. The van der Waals surface area contributed by atoms with Crippen molar-refractivity contribution < 1.29 is 71.7 Å². The molecule has 0 aliphatic heterocycles. The largest absolute Gasteiger partial charge is 1.00 e. The molecular weight excluding hydrogens is 326 g/mol. The van der Waals surface area contributed by atoms with Crippen molar-refractivity contribution >= 4 is 7.82 Å². The van der Waals surface area contributed by atoms with Gasteiger partial charge in [0.05, 0.1) is 6.10 Å². The van der Waals surface area contributed by atoms with Crippen molar-refractivity contribution in [2.75, 3.05) is 0 Å². The Balaban J connectivity index is -0.00000200. The van der Waals surface area contributed by atoms with Crippen molar-refractivity contribution in [3.05, 3.63) is 0 Å². The molecule has 0 aromatic carbocycles. The number of unbranched alkanes of at least 4 members (excludes halogenated alkanes) is 8. The molecule has 0 bridgehead atoms. The molecule has 22 heavy (non-hydrogen) atoms. The topological polar surface area (TPSA) is 66.8 Å². The standard InChI is InChI=1S/C16H35O4P.K.H/c1-4-6-7-8-9-10-11-12-13-14-16(15(3)5-2)20-21(17,18)19;;/h15-16H,4-14H2,1-3H3,(H2,17,18,19);;/q;+1;-1. The van der Waals surface area contributed by atoms with Crippen LogP contribution in [0.1, 0.15) is 92.8 Å². The minimum absolute atomic E-state index is 0. The van der Waals surface area contributed by atoms with Gasteiger partial charge in [-0.1, -0.05) is 85.0 Å². The second-order valence-electron chi connectivity index (χ2n) is 6.14. The van der Waals surface area contributed by atoms with Crippen LogP contribution < -0.4 is 51.4 Å². The van der Waals surface area contributed by atoms with Crippen molar-refractivity contribution in [1.29, 1.82) is 0 Å². The van der Waals surface area contributed by atoms with E-state index < -0.39 is 7.82 Å². The first kappa shape index (κ1) is 26.0. The van der Waals surface area contributed by atoms with Gasteiger partial charge >= 0.3 is 59.2 Å². The van der Waals surface area contributed by atoms with Gasteiger partial charge in [0, 0.05) is 0 Å². The normalized spacial score (nSPS) is 14.4. The molecule has 0 radical (unpaired) electrons. The number of rotatable bonds is 14. The molecule has 0 rings (SSSR count). The second kappa shape index (κ2) is 16.2. The fourth-order valence-electron chi connectivity index (χ4n) is 2.54. The zero-order chi connectivity index (χ0) is 16.1. The van der Waals surface area contributed by atoms with Gasteiger partial charge in [0.1, 0.15) is 0 Å². The Morgan fingerprint density at radius 3 is 1.82 bits per heavy atom. The van der Waals surface area contributed by atoms with Gasteiger partial charge in [-0.2, -0.15) is 0 Å². The molecule has 0 heterocycles. The van der Waals surface area contributed by atoms with Gasteiger partial charge in [0.25, 0.3) is 0 Å². The molecule has 0 spiro atoms. The summed E-state index contributed by atoms with van der Waals surface area (Å²) in [4.78, 5) is 17.9. The molecule has 0 fully saturated rings. The minimum atomic E-state index is -4.37. The van der Waals surface area contributed by atoms with E-state index in [1.165, 1.54) is 44.9 Å². The van der Waals surface area contributed by atoms with E-state index in [1.807, 2.05) is 13.8 Å². The molecule has 4 nitrogen and oxygen atoms in total. The van der Waals surface area contributed by atoms with Gasteiger partial charge in [-0.25, -0.2) is 4.57 Å². The molecule has 0 saturated carbocycles. The monoisotopic (exact) mass is 362 g/mol. The Morgan fingerprint density at radius 1 is 0.955 bits per heavy atom. The van der Waals surface area contributed by atoms with Crippen LogP contribution in [0.4, 0.5) is 0 Å². The summed E-state index contributed by atoms with van der Waals surface area (Å²) in [5, 5.41) is 0. The van der Waals surface area contributed by atoms with E-state index in [-0.39, 0.29) is 64.8 Å². The minimum Gasteiger partial charge on any atom is -1.00 e. The van der Waals surface area contributed by atoms with E-state index in [4.69, 9.17) is 14.3 Å². The molecule has 0 aromatic heterocycles. The number of phosphoric ester groups is 1. The van der Waals surface area contributed by atoms with Crippen LogP contribution in [0.3, 0.4) is 0 Å². The summed E-state index contributed by atoms with van der Waals surface area (Å²) < 4.78 is 15.9. The summed E-state index contributed by atoms with van der Waals surface area (Å²) in [5.41, 5.74) is 0. The van der Waals surface area contributed by atoms with Gasteiger partial charge in [-0.05, 0) is 12.3 Å². The Labute approximate surface area is 181 Å². The Hall–Kier alpha value is 1.75. The Bertz CT molecular complexity index is 289. The average molecular weight is 363 g/mol. The maximum absolute atomic E-state index is 11.0. The summed E-state index contributed by atoms with van der Waals surface area (Å²) in [7, 11) is -4.37. The van der Waals surface area contributed by atoms with E-state index in [9.17, 15) is 4.57 Å². The molecule has 2 N–H and O–H groups in total. The summed E-state index contributed by atoms with van der Waals surface area (Å²) >= 11 is 0. The Kier molecular flexibility index (Phi) is 19.2. The van der Waals surface area contributed by atoms with Crippen LogP contribution in [-0.4, -0.2) is 15.9 Å². The van der Waals surface area contributed by atoms with E-state index in [0.717, 1.165) is 25.7 Å². The fraction of sp³-hybridized carbons (Fsp3) is 1.00. The van der Waals surface area contributed by atoms with Gasteiger partial charge in [0.2, 0.25) is 0 Å². The third kappa shape index (κ3) is 16.6. The van der Waals surface area contributed by atoms with Crippen molar-refractivity contribution in [2.24, 2.45) is 5.92 Å². The quantitative estimate of drug-likeness (QED) is 0.283. The smallest absolute Gasteiger partial charge is 1.00 e. The van der Waals surface area contributed by atoms with Crippen LogP contribution in [0.25, 0.3) is 0 Å². The zero-order valence-electron chi connectivity index (χ0n) is 16.1. The van der Waals surface area contributed by atoms with Crippen molar-refractivity contribution in [1.82, 2.24) is 0 Å². The van der Waals surface area contributed by atoms with Crippen molar-refractivity contribution in [2.45, 2.75) is 97.5 Å². The van der Waals surface area contributed by atoms with E-state index >= 15 is 0 Å². The molecule has 0 aliphatic carbocycles. The van der Waals surface area contributed by atoms with Crippen molar-refractivity contribution in [3.8, 4) is 0 Å². The van der Waals surface area contributed by atoms with Crippen molar-refractivity contribution in [3.63, 3.8) is 0 Å². The molecule has 0 aliphatic rings. The first-order valence-electron chi connectivity index (χ1n) is 8.64. The van der Waals surface area contributed by atoms with Gasteiger partial charge in [-0.15, -0.1) is 0 Å². The molecule has 2 atom stereocenters. The Morgan fingerprint density at radius 2 is 1.41 bits per heavy atom. The summed E-state index contributed by atoms with van der Waals surface area (Å²) in [5.74, 6) is 0.187. The molecular formula is C16H36KO4P. The van der Waals surface area contributed by atoms with E-state index in [0.29, 0.717) is 0 Å². The van der Waals surface area contributed by atoms with Crippen LogP contribution in [0.2, 0.25) is 0 Å². The second-order valence-corrected chi connectivity index (χ2v) is 7.33. The number of hydrogen-bond acceptors (Lipinski definition) is 2. The number of phosphoric acid groups is 1. The van der Waals surface area contributed by atoms with Crippen LogP contribution in [0.5, 0.6) is 0 Å². The van der Waals surface area contributed by atoms with E-state index in [1.54, 1.807) is 0 Å². The predicted molar refractivity (Wildman–Crippen MR) is 89.3 cm³/mol. The maximum atomic E-state index is 11.0. The van der Waals surface area contributed by atoms with Gasteiger partial charge in [-0.3, -0.25) is 4.52 Å².